The minimum atomic E-state index is -4.53. The topological polar surface area (TPSA) is 264 Å². The Morgan fingerprint density at radius 1 is 0.453 bits per heavy atom. The van der Waals surface area contributed by atoms with Gasteiger partial charge in [-0.2, -0.15) is 52.7 Å². The highest BCUT2D eigenvalue weighted by molar-refractivity contribution is 9.10. The van der Waals surface area contributed by atoms with Crippen LogP contribution in [0.5, 0.6) is 0 Å². The first-order chi connectivity index (χ1) is 59.7. The molecule has 5 aliphatic heterocycles. The summed E-state index contributed by atoms with van der Waals surface area (Å²) in [5, 5.41) is 14.5. The number of anilines is 3. The van der Waals surface area contributed by atoms with E-state index in [-0.39, 0.29) is 81.9 Å². The van der Waals surface area contributed by atoms with Gasteiger partial charge in [0.2, 0.25) is 5.91 Å². The molecule has 8 aromatic rings. The number of piperidine rings is 4. The highest BCUT2D eigenvalue weighted by Crippen LogP contribution is 2.44. The zero-order chi connectivity index (χ0) is 94.8. The molecule has 0 spiro atoms. The first-order valence-corrected chi connectivity index (χ1v) is 43.8. The molecule has 0 radical (unpaired) electrons. The summed E-state index contributed by atoms with van der Waals surface area (Å²) in [6.07, 6.45) is -9.42. The number of likely N-dealkylation sites (tertiary alicyclic amines) is 1. The number of fused-ring (bicyclic) bond motifs is 4. The molecule has 5 saturated heterocycles. The standard InChI is InChI=1S/C24H30F3N3O4.C21H25F3N4O.C21H26F3N3O2.C11H22N2O2.C10H5BrF3N.C3H5BrO2/c1-15-11-16(30(14-20(31)33-5)22(32)34-23(2,3)4)13-29(12-15)19-9-8-18(24(25,26)27)21-17(19)7-6-10-28-21;1-14-10-15(26-11-19(29)27-8-3-9-27)13-28(12-14)18-6-5-17(21(22,23)24)20-16(18)4-2-7-25-20;1-13-10-14(26-19(28)29-20(2,3)4)12-27(11-13)17-8-7-16(21(22,23)24)18-15(17)6-5-9-25-18;1-8-5-9(7-12-6-8)13-10(14)15-11(2,3)4;11-8-4-3-7(10(12,13)14)9-6(8)2-1-5-15-9;1-6-3(5)2-4/h6-10,15-16H,11-14H2,1-5H3;2,4-7,14-15,26H,3,8-13H2,1H3;5-9,13-14H,10-12H2,1-4H3,(H,26,28);8-9,12H,5-7H2,1-4H3,(H,13,14);1-5H;2H2,1H3/t15-,16+;14-,15+;13-,14+;8-,9+;;/m0000../s1. The van der Waals surface area contributed by atoms with Crippen molar-refractivity contribution >= 4 is 129 Å². The minimum absolute atomic E-state index is 0.0202. The van der Waals surface area contributed by atoms with Gasteiger partial charge in [0.05, 0.1) is 71.1 Å². The maximum Gasteiger partial charge on any atom is 0.418 e. The Bertz CT molecular complexity index is 5080. The van der Waals surface area contributed by atoms with Crippen molar-refractivity contribution in [1.29, 1.82) is 0 Å². The predicted octanol–water partition coefficient (Wildman–Crippen LogP) is 19.2. The summed E-state index contributed by atoms with van der Waals surface area (Å²) in [5.74, 6) is 0.598. The Kier molecular flexibility index (Phi) is 36.1. The molecule has 9 heterocycles. The van der Waals surface area contributed by atoms with Crippen molar-refractivity contribution in [2.24, 2.45) is 23.7 Å². The number of alkyl halides is 13. The van der Waals surface area contributed by atoms with Gasteiger partial charge in [-0.1, -0.05) is 65.6 Å². The van der Waals surface area contributed by atoms with Crippen molar-refractivity contribution in [3.05, 3.63) is 149 Å². The van der Waals surface area contributed by atoms with E-state index in [9.17, 15) is 81.5 Å². The summed E-state index contributed by atoms with van der Waals surface area (Å²) < 4.78 is 184. The predicted molar refractivity (Wildman–Crippen MR) is 473 cm³/mol. The number of alkyl carbamates (subject to hydrolysis) is 2. The molecule has 4 amide bonds. The lowest BCUT2D eigenvalue weighted by Crippen LogP contribution is -2.55. The zero-order valence-corrected chi connectivity index (χ0v) is 77.4. The fourth-order valence-electron chi connectivity index (χ4n) is 15.5. The Balaban J connectivity index is 0.000000200. The van der Waals surface area contributed by atoms with E-state index < -0.39 is 88.0 Å². The van der Waals surface area contributed by atoms with E-state index in [4.69, 9.17) is 18.9 Å². The van der Waals surface area contributed by atoms with E-state index in [2.05, 4.69) is 103 Å². The van der Waals surface area contributed by atoms with Crippen molar-refractivity contribution in [2.45, 2.75) is 188 Å². The SMILES string of the molecule is COC(=O)CBr.COC(=O)CN(C(=O)OC(C)(C)C)[C@@H]1C[C@H](C)CN(c2ccc(C(F)(F)F)c3ncccc23)C1.C[C@@H]1CNC[C@H](NC(=O)OC(C)(C)C)C1.C[C@H]1C[C@@H](NC(=O)OC(C)(C)C)CN(c2ccc(C(F)(F)F)c3ncccc23)C1.C[C@H]1C[C@@H](NCC(=O)N2CCC2)CN(c2ccc(C(F)(F)F)c3ncccc23)C1.FC(F)(F)c1ccc(Br)c2cccnc12. The molecule has 4 aromatic carbocycles. The normalized spacial score (nSPS) is 19.8. The van der Waals surface area contributed by atoms with E-state index >= 15 is 0 Å². The molecule has 0 aliphatic carbocycles. The lowest BCUT2D eigenvalue weighted by molar-refractivity contribution is -0.142. The molecule has 4 N–H and O–H groups in total. The molecule has 0 unspecified atom stereocenters. The van der Waals surface area contributed by atoms with Crippen LogP contribution in [0.2, 0.25) is 0 Å². The van der Waals surface area contributed by atoms with Gasteiger partial charge in [0, 0.05) is 145 Å². The third-order valence-electron chi connectivity index (χ3n) is 20.9. The largest absolute Gasteiger partial charge is 0.468 e. The third-order valence-corrected chi connectivity index (χ3v) is 22.0. The number of amides is 4. The summed E-state index contributed by atoms with van der Waals surface area (Å²) in [5.41, 5.74) is -2.94. The number of pyridine rings is 4. The summed E-state index contributed by atoms with van der Waals surface area (Å²) in [6.45, 7) is 31.6. The zero-order valence-electron chi connectivity index (χ0n) is 74.2. The van der Waals surface area contributed by atoms with Crippen LogP contribution in [-0.4, -0.2) is 205 Å². The van der Waals surface area contributed by atoms with Crippen LogP contribution in [0.4, 0.5) is 84.1 Å². The molecule has 128 heavy (non-hydrogen) atoms. The number of methoxy groups -OCH3 is 2. The average Bonchev–Trinajstić information content (AvgIpc) is 0.760. The van der Waals surface area contributed by atoms with Gasteiger partial charge in [0.25, 0.3) is 0 Å². The summed E-state index contributed by atoms with van der Waals surface area (Å²) in [4.78, 5) is 95.8. The maximum atomic E-state index is 13.5. The fraction of sp³-hybridized carbons (Fsp3) is 0.533. The molecule has 13 rings (SSSR count). The second kappa shape index (κ2) is 44.7. The van der Waals surface area contributed by atoms with Crippen molar-refractivity contribution in [3.8, 4) is 0 Å². The molecule has 0 saturated carbocycles. The summed E-state index contributed by atoms with van der Waals surface area (Å²) >= 11 is 6.09. The molecule has 8 atom stereocenters. The molecular weight excluding hydrogens is 1830 g/mol. The van der Waals surface area contributed by atoms with Crippen LogP contribution in [0.25, 0.3) is 43.6 Å². The number of nitrogens with one attached hydrogen (secondary N) is 4. The molecule has 5 fully saturated rings. The lowest BCUT2D eigenvalue weighted by Gasteiger charge is -2.43. The van der Waals surface area contributed by atoms with Crippen molar-refractivity contribution in [2.75, 3.05) is 113 Å². The van der Waals surface area contributed by atoms with Crippen LogP contribution in [0, 0.1) is 23.7 Å². The quantitative estimate of drug-likeness (QED) is 0.0383. The second-order valence-corrected chi connectivity index (χ2v) is 36.8. The smallest absolute Gasteiger partial charge is 0.418 e. The summed E-state index contributed by atoms with van der Waals surface area (Å²) in [7, 11) is 2.59. The molecule has 38 heteroatoms. The van der Waals surface area contributed by atoms with Crippen LogP contribution in [0.15, 0.2) is 126 Å². The van der Waals surface area contributed by atoms with Gasteiger partial charge in [-0.25, -0.2) is 14.4 Å². The number of carbonyl (C=O) groups is 6. The number of hydrogen-bond acceptors (Lipinski definition) is 20. The van der Waals surface area contributed by atoms with Gasteiger partial charge in [0.1, 0.15) is 28.7 Å². The molecule has 24 nitrogen and oxygen atoms in total. The van der Waals surface area contributed by atoms with Crippen LogP contribution >= 0.6 is 31.9 Å². The number of ether oxygens (including phenoxy) is 5. The van der Waals surface area contributed by atoms with Crippen LogP contribution in [0.1, 0.15) is 144 Å². The number of benzene rings is 4. The van der Waals surface area contributed by atoms with E-state index in [0.29, 0.717) is 94.9 Å². The molecule has 702 valence electrons. The van der Waals surface area contributed by atoms with Crippen LogP contribution in [-0.2, 0) is 62.8 Å². The van der Waals surface area contributed by atoms with Gasteiger partial charge >= 0.3 is 54.9 Å². The van der Waals surface area contributed by atoms with Crippen molar-refractivity contribution in [1.82, 2.24) is 51.0 Å². The number of nitrogens with zero attached hydrogens (tertiary/aromatic N) is 9. The first kappa shape index (κ1) is 104. The maximum absolute atomic E-state index is 13.5. The second-order valence-electron chi connectivity index (χ2n) is 35.4. The number of carbonyl (C=O) groups excluding carboxylic acids is 6. The fourth-order valence-corrected chi connectivity index (χ4v) is 16.2. The van der Waals surface area contributed by atoms with Crippen LogP contribution < -0.4 is 36.0 Å². The Morgan fingerprint density at radius 3 is 1.20 bits per heavy atom. The Hall–Kier alpha value is -9.82. The van der Waals surface area contributed by atoms with Gasteiger partial charge in [0.15, 0.2) is 0 Å². The van der Waals surface area contributed by atoms with E-state index in [0.717, 1.165) is 88.4 Å². The van der Waals surface area contributed by atoms with E-state index in [1.165, 1.54) is 62.1 Å². The van der Waals surface area contributed by atoms with Crippen molar-refractivity contribution < 1.29 is 105 Å². The number of halogens is 14. The summed E-state index contributed by atoms with van der Waals surface area (Å²) in [6, 6.07) is 22.9. The van der Waals surface area contributed by atoms with Crippen molar-refractivity contribution in [3.63, 3.8) is 0 Å². The number of esters is 2. The van der Waals surface area contributed by atoms with Gasteiger partial charge < -0.3 is 64.6 Å². The molecular formula is C90H113Br2F12N13O11. The highest BCUT2D eigenvalue weighted by atomic mass is 79.9. The molecule has 5 aliphatic rings. The third kappa shape index (κ3) is 30.7. The van der Waals surface area contributed by atoms with E-state index in [1.54, 1.807) is 96.1 Å². The lowest BCUT2D eigenvalue weighted by atomic mass is 9.93. The van der Waals surface area contributed by atoms with Crippen LogP contribution in [0.3, 0.4) is 0 Å². The molecule has 0 bridgehead atoms. The number of aromatic nitrogens is 4. The Labute approximate surface area is 753 Å². The first-order valence-electron chi connectivity index (χ1n) is 41.8. The van der Waals surface area contributed by atoms with Gasteiger partial charge in [-0.3, -0.25) is 39.2 Å². The Morgan fingerprint density at radius 2 is 0.820 bits per heavy atom. The highest BCUT2D eigenvalue weighted by Gasteiger charge is 2.42. The van der Waals surface area contributed by atoms with E-state index in [1.807, 2.05) is 42.4 Å². The number of rotatable bonds is 12. The molecule has 4 aromatic heterocycles. The van der Waals surface area contributed by atoms with Gasteiger partial charge in [-0.05, 0) is 216 Å². The average molecular weight is 1940 g/mol. The van der Waals surface area contributed by atoms with Gasteiger partial charge in [-0.15, -0.1) is 0 Å². The number of hydrogen-bond donors (Lipinski definition) is 4. The minimum Gasteiger partial charge on any atom is -0.468 e. The monoisotopic (exact) mass is 1940 g/mol.